The van der Waals surface area contributed by atoms with Gasteiger partial charge in [-0.2, -0.15) is 0 Å². The van der Waals surface area contributed by atoms with Crippen LogP contribution in [0.5, 0.6) is 0 Å². The fraction of sp³-hybridized carbons (Fsp3) is 0. The summed E-state index contributed by atoms with van der Waals surface area (Å²) in [4.78, 5) is 4.48. The number of nitrogens with zero attached hydrogens (tertiary/aromatic N) is 2. The molecule has 60 valence electrons. The van der Waals surface area contributed by atoms with E-state index in [9.17, 15) is 0 Å². The van der Waals surface area contributed by atoms with E-state index in [0.717, 1.165) is 0 Å². The Morgan fingerprint density at radius 3 is 3.25 bits per heavy atom. The first-order valence-corrected chi connectivity index (χ1v) is 3.82. The first-order valence-electron chi connectivity index (χ1n) is 3.41. The Morgan fingerprint density at radius 1 is 1.67 bits per heavy atom. The minimum absolute atomic E-state index is 0.374. The van der Waals surface area contributed by atoms with E-state index >= 15 is 0 Å². The van der Waals surface area contributed by atoms with Gasteiger partial charge in [-0.1, -0.05) is 6.58 Å². The van der Waals surface area contributed by atoms with Gasteiger partial charge in [-0.25, -0.2) is 4.98 Å². The zero-order chi connectivity index (χ0) is 8.55. The van der Waals surface area contributed by atoms with Crippen LogP contribution < -0.4 is 0 Å². The second-order valence-electron chi connectivity index (χ2n) is 2.25. The fourth-order valence-electron chi connectivity index (χ4n) is 1.03. The van der Waals surface area contributed by atoms with Crippen LogP contribution in [0.1, 0.15) is 0 Å². The largest absolute Gasteiger partial charge is 0.427 e. The quantitative estimate of drug-likeness (QED) is 0.628. The molecule has 3 nitrogen and oxygen atoms in total. The van der Waals surface area contributed by atoms with E-state index in [4.69, 9.17) is 16.6 Å². The highest BCUT2D eigenvalue weighted by Gasteiger charge is 2.02. The van der Waals surface area contributed by atoms with E-state index in [1.165, 1.54) is 0 Å². The van der Waals surface area contributed by atoms with E-state index in [2.05, 4.69) is 11.6 Å². The van der Waals surface area contributed by atoms with Crippen LogP contribution in [0.2, 0.25) is 0 Å². The molecule has 0 N–H and O–H groups in total. The number of rotatable bonds is 1. The number of aromatic nitrogens is 2. The Hall–Kier alpha value is -1.42. The summed E-state index contributed by atoms with van der Waals surface area (Å²) in [5, 5.41) is 0. The average molecular weight is 178 g/mol. The monoisotopic (exact) mass is 178 g/mol. The summed E-state index contributed by atoms with van der Waals surface area (Å²) in [6.45, 7) is 3.61. The summed E-state index contributed by atoms with van der Waals surface area (Å²) >= 11 is 4.94. The van der Waals surface area contributed by atoms with Crippen LogP contribution in [0.15, 0.2) is 29.3 Å². The lowest BCUT2D eigenvalue weighted by Crippen LogP contribution is -1.85. The normalized spacial score (nSPS) is 10.3. The fourth-order valence-corrected chi connectivity index (χ4v) is 1.28. The molecular weight excluding hydrogens is 172 g/mol. The Morgan fingerprint density at radius 2 is 2.50 bits per heavy atom. The van der Waals surface area contributed by atoms with E-state index < -0.39 is 0 Å². The molecular formula is C8H6N2OS. The molecule has 0 spiro atoms. The Balaban J connectivity index is 3.00. The highest BCUT2D eigenvalue weighted by atomic mass is 32.1. The minimum atomic E-state index is 0.374. The molecule has 2 rings (SSSR count). The number of pyridine rings is 1. The maximum Gasteiger partial charge on any atom is 0.275 e. The third-order valence-corrected chi connectivity index (χ3v) is 1.84. The lowest BCUT2D eigenvalue weighted by atomic mass is 10.5. The molecule has 2 aromatic rings. The molecule has 2 heterocycles. The van der Waals surface area contributed by atoms with Crippen LogP contribution >= 0.6 is 12.2 Å². The number of hydrogen-bond acceptors (Lipinski definition) is 3. The second kappa shape index (κ2) is 2.57. The van der Waals surface area contributed by atoms with Crippen molar-refractivity contribution in [2.75, 3.05) is 0 Å². The summed E-state index contributed by atoms with van der Waals surface area (Å²) < 4.78 is 6.86. The van der Waals surface area contributed by atoms with Crippen LogP contribution in [-0.2, 0) is 0 Å². The molecule has 2 aromatic heterocycles. The first-order chi connectivity index (χ1) is 5.83. The van der Waals surface area contributed by atoms with Crippen molar-refractivity contribution in [1.82, 2.24) is 9.55 Å². The van der Waals surface area contributed by atoms with Crippen molar-refractivity contribution in [2.24, 2.45) is 0 Å². The molecule has 0 aliphatic rings. The predicted octanol–water partition coefficient (Wildman–Crippen LogP) is 2.46. The van der Waals surface area contributed by atoms with Crippen LogP contribution in [0.25, 0.3) is 17.4 Å². The molecule has 0 amide bonds. The van der Waals surface area contributed by atoms with Gasteiger partial charge >= 0.3 is 0 Å². The molecule has 0 saturated carbocycles. The molecule has 0 aliphatic carbocycles. The van der Waals surface area contributed by atoms with Gasteiger partial charge in [-0.05, 0) is 24.4 Å². The van der Waals surface area contributed by atoms with Gasteiger partial charge in [0, 0.05) is 12.4 Å². The van der Waals surface area contributed by atoms with Gasteiger partial charge in [0.15, 0.2) is 11.2 Å². The van der Waals surface area contributed by atoms with E-state index in [1.54, 1.807) is 23.0 Å². The van der Waals surface area contributed by atoms with Gasteiger partial charge < -0.3 is 4.42 Å². The molecule has 0 bridgehead atoms. The van der Waals surface area contributed by atoms with Crippen LogP contribution in [-0.4, -0.2) is 9.55 Å². The summed E-state index contributed by atoms with van der Waals surface area (Å²) in [6, 6.07) is 3.62. The first kappa shape index (κ1) is 7.24. The SMILES string of the molecule is C=Cn1c(=S)oc2cccnc21. The van der Waals surface area contributed by atoms with Crippen LogP contribution in [0.3, 0.4) is 0 Å². The molecule has 0 fully saturated rings. The summed E-state index contributed by atoms with van der Waals surface area (Å²) in [6.07, 6.45) is 3.27. The zero-order valence-electron chi connectivity index (χ0n) is 6.23. The molecule has 0 aromatic carbocycles. The third kappa shape index (κ3) is 0.887. The van der Waals surface area contributed by atoms with Crippen molar-refractivity contribution in [1.29, 1.82) is 0 Å². The van der Waals surface area contributed by atoms with Crippen molar-refractivity contribution >= 4 is 29.6 Å². The van der Waals surface area contributed by atoms with Crippen molar-refractivity contribution in [3.63, 3.8) is 0 Å². The van der Waals surface area contributed by atoms with Crippen LogP contribution in [0, 0.1) is 4.84 Å². The molecule has 0 saturated heterocycles. The Labute approximate surface area is 74.0 Å². The van der Waals surface area contributed by atoms with Gasteiger partial charge in [0.1, 0.15) is 0 Å². The molecule has 0 atom stereocenters. The Kier molecular flexibility index (Phi) is 1.55. The van der Waals surface area contributed by atoms with Crippen molar-refractivity contribution in [3.8, 4) is 0 Å². The van der Waals surface area contributed by atoms with Crippen molar-refractivity contribution in [2.45, 2.75) is 0 Å². The van der Waals surface area contributed by atoms with Crippen LogP contribution in [0.4, 0.5) is 0 Å². The van der Waals surface area contributed by atoms with E-state index in [0.29, 0.717) is 16.1 Å². The highest BCUT2D eigenvalue weighted by molar-refractivity contribution is 7.71. The lowest BCUT2D eigenvalue weighted by Gasteiger charge is -1.89. The number of fused-ring (bicyclic) bond motifs is 1. The Bertz CT molecular complexity index is 483. The predicted molar refractivity (Wildman–Crippen MR) is 49.2 cm³/mol. The number of oxazole rings is 1. The van der Waals surface area contributed by atoms with Crippen molar-refractivity contribution < 1.29 is 4.42 Å². The summed E-state index contributed by atoms with van der Waals surface area (Å²) in [5.41, 5.74) is 1.39. The van der Waals surface area contributed by atoms with Gasteiger partial charge in [-0.3, -0.25) is 4.57 Å². The topological polar surface area (TPSA) is 31.0 Å². The van der Waals surface area contributed by atoms with E-state index in [-0.39, 0.29) is 0 Å². The van der Waals surface area contributed by atoms with Gasteiger partial charge in [0.05, 0.1) is 0 Å². The minimum Gasteiger partial charge on any atom is -0.427 e. The highest BCUT2D eigenvalue weighted by Crippen LogP contribution is 2.13. The lowest BCUT2D eigenvalue weighted by molar-refractivity contribution is 0.574. The maximum atomic E-state index is 5.23. The summed E-state index contributed by atoms with van der Waals surface area (Å²) in [5.74, 6) is 0. The summed E-state index contributed by atoms with van der Waals surface area (Å²) in [7, 11) is 0. The molecule has 12 heavy (non-hydrogen) atoms. The third-order valence-electron chi connectivity index (χ3n) is 1.56. The van der Waals surface area contributed by atoms with Gasteiger partial charge in [-0.15, -0.1) is 0 Å². The van der Waals surface area contributed by atoms with E-state index in [1.807, 2.05) is 6.07 Å². The maximum absolute atomic E-state index is 5.23. The standard InChI is InChI=1S/C8H6N2OS/c1-2-10-7-6(11-8(10)12)4-3-5-9-7/h2-5H,1H2. The average Bonchev–Trinajstić information content (AvgIpc) is 2.40. The van der Waals surface area contributed by atoms with Gasteiger partial charge in [0.2, 0.25) is 0 Å². The zero-order valence-corrected chi connectivity index (χ0v) is 7.04. The van der Waals surface area contributed by atoms with Crippen molar-refractivity contribution in [3.05, 3.63) is 29.7 Å². The molecule has 0 unspecified atom stereocenters. The molecule has 0 radical (unpaired) electrons. The second-order valence-corrected chi connectivity index (χ2v) is 2.59. The molecule has 4 heteroatoms. The molecule has 0 aliphatic heterocycles. The van der Waals surface area contributed by atoms with Gasteiger partial charge in [0.25, 0.3) is 4.84 Å². The smallest absolute Gasteiger partial charge is 0.275 e. The number of hydrogen-bond donors (Lipinski definition) is 0.